The predicted molar refractivity (Wildman–Crippen MR) is 70.5 cm³/mol. The maximum atomic E-state index is 5.75. The molecule has 0 aliphatic rings. The van der Waals surface area contributed by atoms with Gasteiger partial charge in [0, 0.05) is 12.4 Å². The van der Waals surface area contributed by atoms with Gasteiger partial charge < -0.3 is 15.2 Å². The lowest BCUT2D eigenvalue weighted by atomic mass is 10.3. The molecule has 3 aromatic rings. The normalized spacial score (nSPS) is 10.6. The Balaban J connectivity index is 2.07. The summed E-state index contributed by atoms with van der Waals surface area (Å²) in [5.41, 5.74) is 6.33. The van der Waals surface area contributed by atoms with Crippen molar-refractivity contribution in [2.75, 3.05) is 12.8 Å². The molecule has 0 saturated heterocycles. The van der Waals surface area contributed by atoms with Crippen LogP contribution >= 0.6 is 0 Å². The van der Waals surface area contributed by atoms with Gasteiger partial charge in [-0.05, 0) is 12.1 Å². The molecular formula is C13H12N4O2. The Morgan fingerprint density at radius 3 is 2.79 bits per heavy atom. The van der Waals surface area contributed by atoms with Crippen LogP contribution in [0.3, 0.4) is 0 Å². The fourth-order valence-electron chi connectivity index (χ4n) is 1.80. The molecule has 0 amide bonds. The first kappa shape index (κ1) is 11.3. The van der Waals surface area contributed by atoms with Gasteiger partial charge in [0.25, 0.3) is 5.88 Å². The van der Waals surface area contributed by atoms with Crippen LogP contribution in [0.4, 0.5) is 5.82 Å². The summed E-state index contributed by atoms with van der Waals surface area (Å²) in [6.45, 7) is 0. The summed E-state index contributed by atoms with van der Waals surface area (Å²) >= 11 is 0. The standard InChI is InChI=1S/C13H12N4O2/c1-18-9-4-2-3-5-10(9)19-13-12-15-6-7-17(12)8-11(14)16-13/h2-8H,14H2,1H3. The zero-order valence-corrected chi connectivity index (χ0v) is 10.3. The summed E-state index contributed by atoms with van der Waals surface area (Å²) in [6, 6.07) is 7.32. The third-order valence-corrected chi connectivity index (χ3v) is 2.64. The molecule has 0 spiro atoms. The zero-order chi connectivity index (χ0) is 13.2. The number of methoxy groups -OCH3 is 1. The molecule has 6 nitrogen and oxygen atoms in total. The Morgan fingerprint density at radius 1 is 1.21 bits per heavy atom. The van der Waals surface area contributed by atoms with E-state index in [1.807, 2.05) is 18.2 Å². The van der Waals surface area contributed by atoms with E-state index in [1.165, 1.54) is 0 Å². The number of nitrogens with two attached hydrogens (primary N) is 1. The predicted octanol–water partition coefficient (Wildman–Crippen LogP) is 2.11. The molecule has 0 unspecified atom stereocenters. The second-order valence-electron chi connectivity index (χ2n) is 3.88. The molecule has 2 aromatic heterocycles. The van der Waals surface area contributed by atoms with Gasteiger partial charge in [-0.2, -0.15) is 4.98 Å². The van der Waals surface area contributed by atoms with E-state index in [0.717, 1.165) is 0 Å². The maximum absolute atomic E-state index is 5.75. The number of hydrogen-bond donors (Lipinski definition) is 1. The van der Waals surface area contributed by atoms with E-state index in [4.69, 9.17) is 15.2 Å². The van der Waals surface area contributed by atoms with Crippen molar-refractivity contribution in [2.24, 2.45) is 0 Å². The molecule has 0 fully saturated rings. The topological polar surface area (TPSA) is 74.7 Å². The van der Waals surface area contributed by atoms with Gasteiger partial charge in [0.2, 0.25) is 5.65 Å². The van der Waals surface area contributed by atoms with Gasteiger partial charge in [-0.25, -0.2) is 4.98 Å². The first-order chi connectivity index (χ1) is 9.28. The van der Waals surface area contributed by atoms with Crippen LogP contribution in [0.2, 0.25) is 0 Å². The molecular weight excluding hydrogens is 244 g/mol. The molecule has 2 N–H and O–H groups in total. The van der Waals surface area contributed by atoms with Crippen LogP contribution < -0.4 is 15.2 Å². The molecule has 3 rings (SSSR count). The van der Waals surface area contributed by atoms with Crippen LogP contribution in [-0.2, 0) is 0 Å². The Kier molecular flexibility index (Phi) is 2.68. The van der Waals surface area contributed by atoms with Gasteiger partial charge in [-0.1, -0.05) is 12.1 Å². The summed E-state index contributed by atoms with van der Waals surface area (Å²) < 4.78 is 12.7. The number of aromatic nitrogens is 3. The second-order valence-corrected chi connectivity index (χ2v) is 3.88. The summed E-state index contributed by atoms with van der Waals surface area (Å²) in [5.74, 6) is 1.88. The van der Waals surface area contributed by atoms with Gasteiger partial charge in [0.05, 0.1) is 13.3 Å². The molecule has 0 radical (unpaired) electrons. The number of nitrogen functional groups attached to an aromatic ring is 1. The highest BCUT2D eigenvalue weighted by molar-refractivity contribution is 5.55. The summed E-state index contributed by atoms with van der Waals surface area (Å²) in [5, 5.41) is 0. The highest BCUT2D eigenvalue weighted by atomic mass is 16.5. The van der Waals surface area contributed by atoms with E-state index in [9.17, 15) is 0 Å². The Labute approximate surface area is 109 Å². The lowest BCUT2D eigenvalue weighted by molar-refractivity contribution is 0.375. The summed E-state index contributed by atoms with van der Waals surface area (Å²) in [4.78, 5) is 8.35. The third-order valence-electron chi connectivity index (χ3n) is 2.64. The Bertz CT molecular complexity index is 723. The van der Waals surface area contributed by atoms with Crippen LogP contribution in [0.1, 0.15) is 0 Å². The van der Waals surface area contributed by atoms with Crippen molar-refractivity contribution >= 4 is 11.5 Å². The molecule has 0 atom stereocenters. The lowest BCUT2D eigenvalue weighted by Gasteiger charge is -2.10. The SMILES string of the molecule is COc1ccccc1Oc1nc(N)cn2ccnc12. The zero-order valence-electron chi connectivity index (χ0n) is 10.3. The Morgan fingerprint density at radius 2 is 2.00 bits per heavy atom. The molecule has 2 heterocycles. The lowest BCUT2D eigenvalue weighted by Crippen LogP contribution is -1.99. The smallest absolute Gasteiger partial charge is 0.265 e. The van der Waals surface area contributed by atoms with Crippen LogP contribution in [-0.4, -0.2) is 21.5 Å². The second kappa shape index (κ2) is 4.49. The molecule has 0 aliphatic heterocycles. The van der Waals surface area contributed by atoms with Crippen molar-refractivity contribution in [1.82, 2.24) is 14.4 Å². The minimum Gasteiger partial charge on any atom is -0.493 e. The first-order valence-electron chi connectivity index (χ1n) is 5.68. The number of hydrogen-bond acceptors (Lipinski definition) is 5. The van der Waals surface area contributed by atoms with Gasteiger partial charge in [-0.15, -0.1) is 0 Å². The first-order valence-corrected chi connectivity index (χ1v) is 5.68. The number of anilines is 1. The van der Waals surface area contributed by atoms with Gasteiger partial charge in [0.15, 0.2) is 11.5 Å². The van der Waals surface area contributed by atoms with Crippen LogP contribution in [0.5, 0.6) is 17.4 Å². The molecule has 19 heavy (non-hydrogen) atoms. The quantitative estimate of drug-likeness (QED) is 0.776. The average Bonchev–Trinajstić information content (AvgIpc) is 2.87. The van der Waals surface area contributed by atoms with E-state index in [1.54, 1.807) is 36.2 Å². The van der Waals surface area contributed by atoms with Crippen molar-refractivity contribution in [3.63, 3.8) is 0 Å². The van der Waals surface area contributed by atoms with Crippen molar-refractivity contribution in [3.05, 3.63) is 42.9 Å². The van der Waals surface area contributed by atoms with E-state index in [-0.39, 0.29) is 0 Å². The van der Waals surface area contributed by atoms with E-state index in [0.29, 0.717) is 28.8 Å². The van der Waals surface area contributed by atoms with E-state index in [2.05, 4.69) is 9.97 Å². The molecule has 0 aliphatic carbocycles. The van der Waals surface area contributed by atoms with Gasteiger partial charge in [-0.3, -0.25) is 4.40 Å². The average molecular weight is 256 g/mol. The minimum atomic E-state index is 0.342. The molecule has 0 bridgehead atoms. The maximum Gasteiger partial charge on any atom is 0.265 e. The fraction of sp³-hybridized carbons (Fsp3) is 0.0769. The number of fused-ring (bicyclic) bond motifs is 1. The van der Waals surface area contributed by atoms with E-state index >= 15 is 0 Å². The number of rotatable bonds is 3. The van der Waals surface area contributed by atoms with Crippen LogP contribution in [0.25, 0.3) is 5.65 Å². The van der Waals surface area contributed by atoms with Gasteiger partial charge in [0.1, 0.15) is 5.82 Å². The van der Waals surface area contributed by atoms with Crippen molar-refractivity contribution < 1.29 is 9.47 Å². The Hall–Kier alpha value is -2.76. The van der Waals surface area contributed by atoms with Crippen molar-refractivity contribution in [3.8, 4) is 17.4 Å². The van der Waals surface area contributed by atoms with E-state index < -0.39 is 0 Å². The van der Waals surface area contributed by atoms with Crippen molar-refractivity contribution in [2.45, 2.75) is 0 Å². The molecule has 0 saturated carbocycles. The van der Waals surface area contributed by atoms with Crippen LogP contribution in [0.15, 0.2) is 42.9 Å². The number of para-hydroxylation sites is 2. The number of benzene rings is 1. The largest absolute Gasteiger partial charge is 0.493 e. The fourth-order valence-corrected chi connectivity index (χ4v) is 1.80. The number of ether oxygens (including phenoxy) is 2. The van der Waals surface area contributed by atoms with Crippen molar-refractivity contribution in [1.29, 1.82) is 0 Å². The summed E-state index contributed by atoms with van der Waals surface area (Å²) in [6.07, 6.45) is 5.12. The van der Waals surface area contributed by atoms with Crippen LogP contribution in [0, 0.1) is 0 Å². The summed E-state index contributed by atoms with van der Waals surface area (Å²) in [7, 11) is 1.58. The highest BCUT2D eigenvalue weighted by Crippen LogP contribution is 2.31. The highest BCUT2D eigenvalue weighted by Gasteiger charge is 2.11. The monoisotopic (exact) mass is 256 g/mol. The molecule has 6 heteroatoms. The number of imidazole rings is 1. The third kappa shape index (κ3) is 2.03. The number of nitrogens with zero attached hydrogens (tertiary/aromatic N) is 3. The molecule has 96 valence electrons. The minimum absolute atomic E-state index is 0.342. The van der Waals surface area contributed by atoms with Gasteiger partial charge >= 0.3 is 0 Å². The molecule has 1 aromatic carbocycles.